The molecule has 1 aliphatic heterocycles. The number of halogens is 1. The highest BCUT2D eigenvalue weighted by Crippen LogP contribution is 2.25. The van der Waals surface area contributed by atoms with Crippen LogP contribution in [0.25, 0.3) is 0 Å². The van der Waals surface area contributed by atoms with E-state index >= 15 is 0 Å². The first kappa shape index (κ1) is 11.6. The maximum atomic E-state index is 3.51. The fourth-order valence-corrected chi connectivity index (χ4v) is 3.69. The Balaban J connectivity index is 1.82. The summed E-state index contributed by atoms with van der Waals surface area (Å²) in [6, 6.07) is 4.36. The fraction of sp³-hybridized carbons (Fsp3) is 0.636. The molecule has 1 saturated heterocycles. The lowest BCUT2D eigenvalue weighted by Crippen LogP contribution is -2.24. The van der Waals surface area contributed by atoms with Crippen LogP contribution in [0.4, 0.5) is 0 Å². The molecule has 1 fully saturated rings. The van der Waals surface area contributed by atoms with Gasteiger partial charge in [-0.25, -0.2) is 0 Å². The zero-order valence-corrected chi connectivity index (χ0v) is 11.4. The number of nitrogens with one attached hydrogen (secondary N) is 1. The molecule has 0 spiro atoms. The van der Waals surface area contributed by atoms with E-state index < -0.39 is 0 Å². The van der Waals surface area contributed by atoms with Crippen LogP contribution in [0.3, 0.4) is 0 Å². The van der Waals surface area contributed by atoms with Gasteiger partial charge in [0.2, 0.25) is 0 Å². The summed E-state index contributed by atoms with van der Waals surface area (Å²) >= 11 is 5.36. The summed E-state index contributed by atoms with van der Waals surface area (Å²) in [5.41, 5.74) is 0. The Morgan fingerprint density at radius 2 is 2.47 bits per heavy atom. The Bertz CT molecular complexity index is 313. The van der Waals surface area contributed by atoms with E-state index in [9.17, 15) is 0 Å². The van der Waals surface area contributed by atoms with Crippen LogP contribution in [0.5, 0.6) is 0 Å². The molecule has 15 heavy (non-hydrogen) atoms. The van der Waals surface area contributed by atoms with Gasteiger partial charge in [-0.2, -0.15) is 0 Å². The van der Waals surface area contributed by atoms with Crippen molar-refractivity contribution in [1.29, 1.82) is 0 Å². The first-order chi connectivity index (χ1) is 7.28. The zero-order valence-electron chi connectivity index (χ0n) is 9.00. The molecule has 0 amide bonds. The van der Waals surface area contributed by atoms with E-state index in [4.69, 9.17) is 0 Å². The van der Waals surface area contributed by atoms with E-state index in [1.165, 1.54) is 28.2 Å². The Morgan fingerprint density at radius 3 is 3.13 bits per heavy atom. The minimum Gasteiger partial charge on any atom is -0.319 e. The Hall–Kier alpha value is 0.1000. The van der Waals surface area contributed by atoms with E-state index in [0.29, 0.717) is 0 Å². The van der Waals surface area contributed by atoms with Gasteiger partial charge in [0, 0.05) is 18.0 Å². The molecule has 0 radical (unpaired) electrons. The Morgan fingerprint density at radius 1 is 1.60 bits per heavy atom. The van der Waals surface area contributed by atoms with E-state index in [1.54, 1.807) is 0 Å². The molecule has 2 rings (SSSR count). The number of rotatable bonds is 4. The van der Waals surface area contributed by atoms with Crippen LogP contribution in [0.2, 0.25) is 0 Å². The summed E-state index contributed by atoms with van der Waals surface area (Å²) in [6.07, 6.45) is 1.34. The van der Waals surface area contributed by atoms with Gasteiger partial charge >= 0.3 is 0 Å². The third-order valence-electron chi connectivity index (χ3n) is 2.87. The summed E-state index contributed by atoms with van der Waals surface area (Å²) in [5, 5.41) is 3.27. The zero-order chi connectivity index (χ0) is 10.7. The lowest BCUT2D eigenvalue weighted by atomic mass is 10.1. The monoisotopic (exact) mass is 288 g/mol. The third-order valence-corrected chi connectivity index (χ3v) is 4.48. The SMILES string of the molecule is CNCC1CCN(Cc2ccc(Br)s2)C1. The number of hydrogen-bond acceptors (Lipinski definition) is 3. The minimum absolute atomic E-state index is 0.846. The van der Waals surface area contributed by atoms with Crippen LogP contribution in [-0.2, 0) is 6.54 Å². The van der Waals surface area contributed by atoms with E-state index in [2.05, 4.69) is 38.3 Å². The van der Waals surface area contributed by atoms with E-state index in [1.807, 2.05) is 18.4 Å². The van der Waals surface area contributed by atoms with Gasteiger partial charge in [-0.1, -0.05) is 0 Å². The molecule has 84 valence electrons. The number of likely N-dealkylation sites (tertiary alicyclic amines) is 1. The average Bonchev–Trinajstić information content (AvgIpc) is 2.78. The second-order valence-electron chi connectivity index (χ2n) is 4.15. The lowest BCUT2D eigenvalue weighted by Gasteiger charge is -2.14. The summed E-state index contributed by atoms with van der Waals surface area (Å²) in [7, 11) is 2.04. The number of hydrogen-bond donors (Lipinski definition) is 1. The largest absolute Gasteiger partial charge is 0.319 e. The minimum atomic E-state index is 0.846. The van der Waals surface area contributed by atoms with Crippen molar-refractivity contribution in [2.45, 2.75) is 13.0 Å². The van der Waals surface area contributed by atoms with Gasteiger partial charge in [-0.15, -0.1) is 11.3 Å². The van der Waals surface area contributed by atoms with Crippen LogP contribution in [-0.4, -0.2) is 31.6 Å². The Labute approximate surface area is 104 Å². The smallest absolute Gasteiger partial charge is 0.0701 e. The molecule has 1 aromatic heterocycles. The predicted molar refractivity (Wildman–Crippen MR) is 69.3 cm³/mol. The summed E-state index contributed by atoms with van der Waals surface area (Å²) in [4.78, 5) is 4.02. The molecule has 2 nitrogen and oxygen atoms in total. The fourth-order valence-electron chi connectivity index (χ4n) is 2.17. The van der Waals surface area contributed by atoms with E-state index in [0.717, 1.165) is 19.0 Å². The Kier molecular flexibility index (Phi) is 4.20. The molecule has 0 aliphatic carbocycles. The molecule has 0 saturated carbocycles. The van der Waals surface area contributed by atoms with Gasteiger partial charge in [-0.05, 0) is 60.5 Å². The van der Waals surface area contributed by atoms with Gasteiger partial charge < -0.3 is 5.32 Å². The molecule has 2 heterocycles. The van der Waals surface area contributed by atoms with Crippen molar-refractivity contribution in [2.75, 3.05) is 26.7 Å². The van der Waals surface area contributed by atoms with Crippen molar-refractivity contribution in [3.8, 4) is 0 Å². The summed E-state index contributed by atoms with van der Waals surface area (Å²) in [6.45, 7) is 4.78. The molecule has 1 N–H and O–H groups in total. The average molecular weight is 289 g/mol. The van der Waals surface area contributed by atoms with Crippen molar-refractivity contribution in [1.82, 2.24) is 10.2 Å². The molecular weight excluding hydrogens is 272 g/mol. The molecular formula is C11H17BrN2S. The normalized spacial score (nSPS) is 22.4. The van der Waals surface area contributed by atoms with Crippen molar-refractivity contribution < 1.29 is 0 Å². The van der Waals surface area contributed by atoms with Gasteiger partial charge in [-0.3, -0.25) is 4.90 Å². The summed E-state index contributed by atoms with van der Waals surface area (Å²) < 4.78 is 1.24. The topological polar surface area (TPSA) is 15.3 Å². The van der Waals surface area contributed by atoms with Crippen LogP contribution >= 0.6 is 27.3 Å². The first-order valence-corrected chi connectivity index (χ1v) is 7.00. The van der Waals surface area contributed by atoms with E-state index in [-0.39, 0.29) is 0 Å². The van der Waals surface area contributed by atoms with Crippen molar-refractivity contribution in [2.24, 2.45) is 5.92 Å². The van der Waals surface area contributed by atoms with Gasteiger partial charge in [0.25, 0.3) is 0 Å². The molecule has 0 aromatic carbocycles. The van der Waals surface area contributed by atoms with Crippen LogP contribution in [0.15, 0.2) is 15.9 Å². The van der Waals surface area contributed by atoms with Crippen LogP contribution < -0.4 is 5.32 Å². The highest BCUT2D eigenvalue weighted by molar-refractivity contribution is 9.11. The third kappa shape index (κ3) is 3.28. The second-order valence-corrected chi connectivity index (χ2v) is 6.70. The van der Waals surface area contributed by atoms with Crippen LogP contribution in [0.1, 0.15) is 11.3 Å². The molecule has 1 atom stereocenters. The second kappa shape index (κ2) is 5.43. The summed E-state index contributed by atoms with van der Waals surface area (Å²) in [5.74, 6) is 0.846. The maximum absolute atomic E-state index is 3.51. The van der Waals surface area contributed by atoms with Gasteiger partial charge in [0.05, 0.1) is 3.79 Å². The van der Waals surface area contributed by atoms with Crippen LogP contribution in [0, 0.1) is 5.92 Å². The highest BCUT2D eigenvalue weighted by atomic mass is 79.9. The maximum Gasteiger partial charge on any atom is 0.0701 e. The van der Waals surface area contributed by atoms with Crippen molar-refractivity contribution in [3.05, 3.63) is 20.8 Å². The lowest BCUT2D eigenvalue weighted by molar-refractivity contribution is 0.318. The molecule has 0 bridgehead atoms. The molecule has 1 unspecified atom stereocenters. The molecule has 4 heteroatoms. The van der Waals surface area contributed by atoms with Gasteiger partial charge in [0.15, 0.2) is 0 Å². The molecule has 1 aliphatic rings. The first-order valence-electron chi connectivity index (χ1n) is 5.39. The number of nitrogens with zero attached hydrogens (tertiary/aromatic N) is 1. The highest BCUT2D eigenvalue weighted by Gasteiger charge is 2.21. The predicted octanol–water partition coefficient (Wildman–Crippen LogP) is 2.55. The standard InChI is InChI=1S/C11H17BrN2S/c1-13-6-9-4-5-14(7-9)8-10-2-3-11(12)15-10/h2-3,9,13H,4-8H2,1H3. The molecule has 1 aromatic rings. The quantitative estimate of drug-likeness (QED) is 0.916. The van der Waals surface area contributed by atoms with Gasteiger partial charge in [0.1, 0.15) is 0 Å². The number of thiophene rings is 1. The van der Waals surface area contributed by atoms with Crippen molar-refractivity contribution >= 4 is 27.3 Å². The van der Waals surface area contributed by atoms with Crippen molar-refractivity contribution in [3.63, 3.8) is 0 Å².